The van der Waals surface area contributed by atoms with Gasteiger partial charge in [-0.1, -0.05) is 18.2 Å². The van der Waals surface area contributed by atoms with Crippen molar-refractivity contribution < 1.29 is 4.79 Å². The minimum atomic E-state index is -0.101. The van der Waals surface area contributed by atoms with E-state index in [1.807, 2.05) is 42.8 Å². The van der Waals surface area contributed by atoms with Crippen LogP contribution in [0.15, 0.2) is 49.1 Å². The summed E-state index contributed by atoms with van der Waals surface area (Å²) in [5, 5.41) is 0.811. The predicted molar refractivity (Wildman–Crippen MR) is 116 cm³/mol. The molecule has 0 spiro atoms. The highest BCUT2D eigenvalue weighted by molar-refractivity contribution is 6.07. The Morgan fingerprint density at radius 3 is 2.70 bits per heavy atom. The highest BCUT2D eigenvalue weighted by Gasteiger charge is 2.20. The van der Waals surface area contributed by atoms with E-state index in [1.165, 1.54) is 0 Å². The first kappa shape index (κ1) is 19.5. The van der Waals surface area contributed by atoms with E-state index in [-0.39, 0.29) is 11.9 Å². The van der Waals surface area contributed by atoms with Crippen LogP contribution in [-0.2, 0) is 13.1 Å². The highest BCUT2D eigenvalue weighted by Crippen LogP contribution is 2.27. The molecule has 0 aliphatic heterocycles. The number of hydrogen-bond donors (Lipinski definition) is 1. The number of nitrogens with zero attached hydrogens (tertiary/aromatic N) is 6. The molecule has 1 aromatic carbocycles. The van der Waals surface area contributed by atoms with Crippen molar-refractivity contribution >= 4 is 22.8 Å². The van der Waals surface area contributed by atoms with Gasteiger partial charge in [-0.3, -0.25) is 4.79 Å². The van der Waals surface area contributed by atoms with Gasteiger partial charge in [0.15, 0.2) is 0 Å². The van der Waals surface area contributed by atoms with Crippen LogP contribution in [0.25, 0.3) is 22.2 Å². The topological polar surface area (TPSA) is 103 Å². The van der Waals surface area contributed by atoms with Crippen LogP contribution in [0.2, 0.25) is 0 Å². The number of carbonyl (C=O) groups excluding carboxylic acids is 1. The SMILES string of the molecule is CCn1ccnc1CN(C)C(=O)c1cc(-c2cnc(N)nc2)nc2c(C)cccc12. The number of anilines is 1. The monoisotopic (exact) mass is 401 g/mol. The molecule has 0 bridgehead atoms. The van der Waals surface area contributed by atoms with Crippen molar-refractivity contribution in [3.8, 4) is 11.3 Å². The van der Waals surface area contributed by atoms with Crippen molar-refractivity contribution in [2.45, 2.75) is 26.9 Å². The molecular weight excluding hydrogens is 378 g/mol. The zero-order chi connectivity index (χ0) is 21.3. The van der Waals surface area contributed by atoms with Crippen molar-refractivity contribution in [3.63, 3.8) is 0 Å². The number of para-hydroxylation sites is 1. The van der Waals surface area contributed by atoms with Gasteiger partial charge in [-0.15, -0.1) is 0 Å². The van der Waals surface area contributed by atoms with Gasteiger partial charge >= 0.3 is 0 Å². The number of pyridine rings is 1. The van der Waals surface area contributed by atoms with E-state index in [1.54, 1.807) is 36.6 Å². The highest BCUT2D eigenvalue weighted by atomic mass is 16.2. The summed E-state index contributed by atoms with van der Waals surface area (Å²) < 4.78 is 2.02. The summed E-state index contributed by atoms with van der Waals surface area (Å²) in [6.07, 6.45) is 6.90. The summed E-state index contributed by atoms with van der Waals surface area (Å²) in [5.41, 5.74) is 9.29. The minimum absolute atomic E-state index is 0.101. The molecule has 8 heteroatoms. The number of imidazole rings is 1. The van der Waals surface area contributed by atoms with Gasteiger partial charge in [0.2, 0.25) is 5.95 Å². The third-order valence-corrected chi connectivity index (χ3v) is 5.11. The summed E-state index contributed by atoms with van der Waals surface area (Å²) >= 11 is 0. The average molecular weight is 401 g/mol. The zero-order valence-electron chi connectivity index (χ0n) is 17.2. The summed E-state index contributed by atoms with van der Waals surface area (Å²) in [6, 6.07) is 7.63. The van der Waals surface area contributed by atoms with Crippen LogP contribution in [0.5, 0.6) is 0 Å². The fourth-order valence-corrected chi connectivity index (χ4v) is 3.46. The summed E-state index contributed by atoms with van der Waals surface area (Å²) in [5.74, 6) is 0.935. The number of benzene rings is 1. The Bertz CT molecular complexity index is 1210. The Kier molecular flexibility index (Phi) is 5.14. The molecule has 0 saturated carbocycles. The predicted octanol–water partition coefficient (Wildman–Crippen LogP) is 3.07. The Hall–Kier alpha value is -3.81. The molecule has 8 nitrogen and oxygen atoms in total. The maximum atomic E-state index is 13.4. The van der Waals surface area contributed by atoms with Gasteiger partial charge in [0.1, 0.15) is 5.82 Å². The number of hydrogen-bond acceptors (Lipinski definition) is 6. The normalized spacial score (nSPS) is 11.0. The lowest BCUT2D eigenvalue weighted by Crippen LogP contribution is -2.28. The summed E-state index contributed by atoms with van der Waals surface area (Å²) in [6.45, 7) is 5.24. The van der Waals surface area contributed by atoms with Crippen LogP contribution in [0.1, 0.15) is 28.7 Å². The molecule has 0 aliphatic carbocycles. The molecule has 4 aromatic rings. The molecule has 0 atom stereocenters. The van der Waals surface area contributed by atoms with Crippen molar-refractivity contribution in [1.29, 1.82) is 0 Å². The van der Waals surface area contributed by atoms with Crippen molar-refractivity contribution in [2.24, 2.45) is 0 Å². The van der Waals surface area contributed by atoms with Gasteiger partial charge in [-0.2, -0.15) is 0 Å². The summed E-state index contributed by atoms with van der Waals surface area (Å²) in [7, 11) is 1.78. The van der Waals surface area contributed by atoms with Gasteiger partial charge in [-0.25, -0.2) is 19.9 Å². The number of aromatic nitrogens is 5. The second-order valence-corrected chi connectivity index (χ2v) is 7.15. The number of nitrogens with two attached hydrogens (primary N) is 1. The van der Waals surface area contributed by atoms with Crippen LogP contribution < -0.4 is 5.73 Å². The quantitative estimate of drug-likeness (QED) is 0.551. The molecule has 0 radical (unpaired) electrons. The van der Waals surface area contributed by atoms with Gasteiger partial charge < -0.3 is 15.2 Å². The number of rotatable bonds is 5. The number of nitrogen functional groups attached to an aromatic ring is 1. The first-order valence-electron chi connectivity index (χ1n) is 9.71. The Balaban J connectivity index is 1.79. The van der Waals surface area contributed by atoms with Gasteiger partial charge in [0.05, 0.1) is 23.3 Å². The molecule has 2 N–H and O–H groups in total. The first-order chi connectivity index (χ1) is 14.5. The molecule has 0 saturated heterocycles. The molecular formula is C22H23N7O. The molecule has 0 unspecified atom stereocenters. The zero-order valence-corrected chi connectivity index (χ0v) is 17.2. The second kappa shape index (κ2) is 7.90. The Morgan fingerprint density at radius 1 is 1.20 bits per heavy atom. The number of fused-ring (bicyclic) bond motifs is 1. The summed E-state index contributed by atoms with van der Waals surface area (Å²) in [4.78, 5) is 32.4. The Labute approximate surface area is 174 Å². The van der Waals surface area contributed by atoms with Gasteiger partial charge in [-0.05, 0) is 25.5 Å². The van der Waals surface area contributed by atoms with Gasteiger partial charge in [0, 0.05) is 49.3 Å². The number of carbonyl (C=O) groups is 1. The van der Waals surface area contributed by atoms with E-state index < -0.39 is 0 Å². The van der Waals surface area contributed by atoms with Crippen LogP contribution in [0.4, 0.5) is 5.95 Å². The third-order valence-electron chi connectivity index (χ3n) is 5.11. The lowest BCUT2D eigenvalue weighted by molar-refractivity contribution is 0.0782. The molecule has 1 amide bonds. The second-order valence-electron chi connectivity index (χ2n) is 7.15. The van der Waals surface area contributed by atoms with Crippen molar-refractivity contribution in [1.82, 2.24) is 29.4 Å². The van der Waals surface area contributed by atoms with E-state index in [0.29, 0.717) is 23.4 Å². The third kappa shape index (κ3) is 3.59. The molecule has 4 rings (SSSR count). The lowest BCUT2D eigenvalue weighted by atomic mass is 10.0. The Morgan fingerprint density at radius 2 is 1.97 bits per heavy atom. The van der Waals surface area contributed by atoms with Crippen LogP contribution in [-0.4, -0.2) is 42.4 Å². The lowest BCUT2D eigenvalue weighted by Gasteiger charge is -2.19. The molecule has 152 valence electrons. The largest absolute Gasteiger partial charge is 0.368 e. The van der Waals surface area contributed by atoms with E-state index in [2.05, 4.69) is 15.0 Å². The van der Waals surface area contributed by atoms with E-state index >= 15 is 0 Å². The molecule has 30 heavy (non-hydrogen) atoms. The molecule has 0 aliphatic rings. The van der Waals surface area contributed by atoms with E-state index in [4.69, 9.17) is 10.7 Å². The van der Waals surface area contributed by atoms with E-state index in [9.17, 15) is 4.79 Å². The van der Waals surface area contributed by atoms with Crippen LogP contribution in [0.3, 0.4) is 0 Å². The average Bonchev–Trinajstić information content (AvgIpc) is 3.20. The number of aryl methyl sites for hydroxylation is 2. The van der Waals surface area contributed by atoms with Crippen LogP contribution >= 0.6 is 0 Å². The van der Waals surface area contributed by atoms with Crippen molar-refractivity contribution in [3.05, 3.63) is 66.0 Å². The van der Waals surface area contributed by atoms with Crippen LogP contribution in [0, 0.1) is 6.92 Å². The fraction of sp³-hybridized carbons (Fsp3) is 0.227. The molecule has 3 heterocycles. The standard InChI is InChI=1S/C22H23N7O/c1-4-29-9-8-24-19(29)13-28(3)21(30)17-10-18(15-11-25-22(23)26-12-15)27-20-14(2)6-5-7-16(17)20/h5-12H,4,13H2,1-3H3,(H2,23,25,26). The van der Waals surface area contributed by atoms with Crippen molar-refractivity contribution in [2.75, 3.05) is 12.8 Å². The van der Waals surface area contributed by atoms with Gasteiger partial charge in [0.25, 0.3) is 5.91 Å². The molecule has 3 aromatic heterocycles. The fourth-order valence-electron chi connectivity index (χ4n) is 3.46. The molecule has 0 fully saturated rings. The maximum absolute atomic E-state index is 13.4. The maximum Gasteiger partial charge on any atom is 0.254 e. The smallest absolute Gasteiger partial charge is 0.254 e. The number of amides is 1. The van der Waals surface area contributed by atoms with E-state index in [0.717, 1.165) is 28.8 Å². The minimum Gasteiger partial charge on any atom is -0.368 e. The first-order valence-corrected chi connectivity index (χ1v) is 9.71.